The molecular formula is C8H5Cl2NOS. The third-order valence-electron chi connectivity index (χ3n) is 1.66. The molecule has 5 heteroatoms. The Morgan fingerprint density at radius 3 is 2.85 bits per heavy atom. The number of nitrogens with zero attached hydrogens (tertiary/aromatic N) is 1. The Labute approximate surface area is 89.1 Å². The van der Waals surface area contributed by atoms with E-state index in [-0.39, 0.29) is 0 Å². The van der Waals surface area contributed by atoms with Gasteiger partial charge in [0.25, 0.3) is 0 Å². The summed E-state index contributed by atoms with van der Waals surface area (Å²) >= 11 is 13.2. The van der Waals surface area contributed by atoms with Crippen LogP contribution in [-0.2, 0) is 0 Å². The molecule has 0 atom stereocenters. The molecule has 0 bridgehead atoms. The normalized spacial score (nSPS) is 10.7. The molecule has 1 aromatic carbocycles. The molecule has 68 valence electrons. The predicted molar refractivity (Wildman–Crippen MR) is 56.2 cm³/mol. The number of ether oxygens (including phenoxy) is 1. The standard InChI is InChI=1S/C8H5Cl2NOS/c1-12-5-3-2-4-7(6(5)9)13-8(10)11-4/h2-3H,1H3. The van der Waals surface area contributed by atoms with E-state index in [1.807, 2.05) is 6.07 Å². The lowest BCUT2D eigenvalue weighted by Crippen LogP contribution is -1.83. The monoisotopic (exact) mass is 233 g/mol. The van der Waals surface area contributed by atoms with E-state index in [4.69, 9.17) is 27.9 Å². The fourth-order valence-electron chi connectivity index (χ4n) is 1.07. The van der Waals surface area contributed by atoms with Crippen LogP contribution in [0.3, 0.4) is 0 Å². The highest BCUT2D eigenvalue weighted by molar-refractivity contribution is 7.22. The van der Waals surface area contributed by atoms with Crippen molar-refractivity contribution in [1.82, 2.24) is 4.98 Å². The van der Waals surface area contributed by atoms with Crippen LogP contribution in [0, 0.1) is 0 Å². The van der Waals surface area contributed by atoms with Gasteiger partial charge in [0.1, 0.15) is 10.8 Å². The zero-order valence-corrected chi connectivity index (χ0v) is 9.00. The second-order valence-corrected chi connectivity index (χ2v) is 4.36. The van der Waals surface area contributed by atoms with Crippen LogP contribution in [0.2, 0.25) is 9.49 Å². The summed E-state index contributed by atoms with van der Waals surface area (Å²) in [4.78, 5) is 4.09. The summed E-state index contributed by atoms with van der Waals surface area (Å²) in [6, 6.07) is 3.61. The Morgan fingerprint density at radius 1 is 1.38 bits per heavy atom. The van der Waals surface area contributed by atoms with Crippen molar-refractivity contribution in [2.75, 3.05) is 7.11 Å². The van der Waals surface area contributed by atoms with Crippen LogP contribution in [0.25, 0.3) is 10.2 Å². The second-order valence-electron chi connectivity index (χ2n) is 2.40. The van der Waals surface area contributed by atoms with E-state index in [2.05, 4.69) is 4.98 Å². The molecule has 0 amide bonds. The van der Waals surface area contributed by atoms with Gasteiger partial charge in [0, 0.05) is 0 Å². The molecule has 0 unspecified atom stereocenters. The molecule has 0 aliphatic carbocycles. The third kappa shape index (κ3) is 1.47. The van der Waals surface area contributed by atoms with Crippen LogP contribution < -0.4 is 4.74 Å². The maximum atomic E-state index is 6.04. The maximum absolute atomic E-state index is 6.04. The molecule has 0 saturated heterocycles. The molecule has 1 aromatic heterocycles. The summed E-state index contributed by atoms with van der Waals surface area (Å²) in [6.07, 6.45) is 0. The molecule has 0 saturated carbocycles. The van der Waals surface area contributed by atoms with Gasteiger partial charge in [0.2, 0.25) is 0 Å². The first kappa shape index (κ1) is 9.06. The van der Waals surface area contributed by atoms with Crippen molar-refractivity contribution >= 4 is 44.8 Å². The average Bonchev–Trinajstić information content (AvgIpc) is 2.47. The van der Waals surface area contributed by atoms with Gasteiger partial charge < -0.3 is 4.74 Å². The highest BCUT2D eigenvalue weighted by atomic mass is 35.5. The zero-order chi connectivity index (χ0) is 9.42. The van der Waals surface area contributed by atoms with Crippen molar-refractivity contribution in [3.63, 3.8) is 0 Å². The van der Waals surface area contributed by atoms with E-state index >= 15 is 0 Å². The fraction of sp³-hybridized carbons (Fsp3) is 0.125. The number of rotatable bonds is 1. The predicted octanol–water partition coefficient (Wildman–Crippen LogP) is 3.61. The van der Waals surface area contributed by atoms with E-state index in [1.165, 1.54) is 11.3 Å². The Bertz CT molecular complexity index is 455. The number of aromatic nitrogens is 1. The van der Waals surface area contributed by atoms with Gasteiger partial charge in [0.05, 0.1) is 17.3 Å². The van der Waals surface area contributed by atoms with Gasteiger partial charge in [-0.15, -0.1) is 11.3 Å². The molecule has 2 rings (SSSR count). The topological polar surface area (TPSA) is 22.1 Å². The van der Waals surface area contributed by atoms with E-state index in [9.17, 15) is 0 Å². The van der Waals surface area contributed by atoms with Gasteiger partial charge in [-0.3, -0.25) is 0 Å². The summed E-state index contributed by atoms with van der Waals surface area (Å²) < 4.78 is 6.42. The number of hydrogen-bond donors (Lipinski definition) is 0. The van der Waals surface area contributed by atoms with Crippen LogP contribution in [0.5, 0.6) is 5.75 Å². The van der Waals surface area contributed by atoms with Crippen molar-refractivity contribution in [3.8, 4) is 5.75 Å². The van der Waals surface area contributed by atoms with Gasteiger partial charge in [-0.05, 0) is 12.1 Å². The van der Waals surface area contributed by atoms with Crippen molar-refractivity contribution < 1.29 is 4.74 Å². The summed E-state index contributed by atoms with van der Waals surface area (Å²) in [5.41, 5.74) is 0.806. The minimum atomic E-state index is 0.491. The van der Waals surface area contributed by atoms with Crippen LogP contribution in [0.1, 0.15) is 0 Å². The fourth-order valence-corrected chi connectivity index (χ4v) is 2.47. The minimum absolute atomic E-state index is 0.491. The second kappa shape index (κ2) is 3.33. The van der Waals surface area contributed by atoms with E-state index in [0.29, 0.717) is 15.2 Å². The Balaban J connectivity index is 2.78. The first-order chi connectivity index (χ1) is 6.22. The van der Waals surface area contributed by atoms with Crippen LogP contribution in [0.15, 0.2) is 12.1 Å². The van der Waals surface area contributed by atoms with Gasteiger partial charge in [0.15, 0.2) is 4.47 Å². The first-order valence-electron chi connectivity index (χ1n) is 3.51. The quantitative estimate of drug-likeness (QED) is 0.751. The van der Waals surface area contributed by atoms with Crippen molar-refractivity contribution in [3.05, 3.63) is 21.6 Å². The molecule has 2 aromatic rings. The zero-order valence-electron chi connectivity index (χ0n) is 6.67. The first-order valence-corrected chi connectivity index (χ1v) is 5.08. The number of benzene rings is 1. The summed E-state index contributed by atoms with van der Waals surface area (Å²) in [5.74, 6) is 0.648. The summed E-state index contributed by atoms with van der Waals surface area (Å²) in [6.45, 7) is 0. The van der Waals surface area contributed by atoms with Gasteiger partial charge in [-0.2, -0.15) is 0 Å². The number of thiazole rings is 1. The van der Waals surface area contributed by atoms with Crippen molar-refractivity contribution in [2.45, 2.75) is 0 Å². The lowest BCUT2D eigenvalue weighted by atomic mass is 10.3. The summed E-state index contributed by atoms with van der Waals surface area (Å²) in [5, 5.41) is 0.574. The molecule has 0 radical (unpaired) electrons. The molecule has 0 aliphatic rings. The maximum Gasteiger partial charge on any atom is 0.184 e. The SMILES string of the molecule is COc1ccc2nc(Cl)sc2c1Cl. The molecule has 0 spiro atoms. The average molecular weight is 234 g/mol. The number of methoxy groups -OCH3 is 1. The van der Waals surface area contributed by atoms with Crippen LogP contribution >= 0.6 is 34.5 Å². The van der Waals surface area contributed by atoms with Crippen molar-refractivity contribution in [1.29, 1.82) is 0 Å². The molecule has 0 fully saturated rings. The lowest BCUT2D eigenvalue weighted by molar-refractivity contribution is 0.415. The number of halogens is 2. The van der Waals surface area contributed by atoms with Gasteiger partial charge in [-0.25, -0.2) is 4.98 Å². The van der Waals surface area contributed by atoms with E-state index in [1.54, 1.807) is 13.2 Å². The highest BCUT2D eigenvalue weighted by Crippen LogP contribution is 2.37. The largest absolute Gasteiger partial charge is 0.495 e. The molecule has 0 aliphatic heterocycles. The number of fused-ring (bicyclic) bond motifs is 1. The van der Waals surface area contributed by atoms with Gasteiger partial charge in [-0.1, -0.05) is 23.2 Å². The molecule has 2 nitrogen and oxygen atoms in total. The Kier molecular flexibility index (Phi) is 2.32. The van der Waals surface area contributed by atoms with Crippen molar-refractivity contribution in [2.24, 2.45) is 0 Å². The van der Waals surface area contributed by atoms with E-state index < -0.39 is 0 Å². The molecular weight excluding hydrogens is 229 g/mol. The molecule has 13 heavy (non-hydrogen) atoms. The van der Waals surface area contributed by atoms with Crippen LogP contribution in [-0.4, -0.2) is 12.1 Å². The summed E-state index contributed by atoms with van der Waals surface area (Å²) in [7, 11) is 1.58. The molecule has 1 heterocycles. The highest BCUT2D eigenvalue weighted by Gasteiger charge is 2.09. The lowest BCUT2D eigenvalue weighted by Gasteiger charge is -2.01. The Hall–Kier alpha value is -0.510. The molecule has 0 N–H and O–H groups in total. The Morgan fingerprint density at radius 2 is 2.15 bits per heavy atom. The minimum Gasteiger partial charge on any atom is -0.495 e. The van der Waals surface area contributed by atoms with Crippen LogP contribution in [0.4, 0.5) is 0 Å². The van der Waals surface area contributed by atoms with Gasteiger partial charge >= 0.3 is 0 Å². The number of hydrogen-bond acceptors (Lipinski definition) is 3. The van der Waals surface area contributed by atoms with E-state index in [0.717, 1.165) is 10.2 Å². The smallest absolute Gasteiger partial charge is 0.184 e. The third-order valence-corrected chi connectivity index (χ3v) is 3.34.